The van der Waals surface area contributed by atoms with Crippen LogP contribution in [0.2, 0.25) is 0 Å². The lowest BCUT2D eigenvalue weighted by molar-refractivity contribution is -0.125. The highest BCUT2D eigenvalue weighted by Gasteiger charge is 2.11. The summed E-state index contributed by atoms with van der Waals surface area (Å²) in [5.41, 5.74) is 5.75. The van der Waals surface area contributed by atoms with Crippen molar-refractivity contribution in [3.63, 3.8) is 0 Å². The third-order valence-corrected chi connectivity index (χ3v) is 2.43. The maximum atomic E-state index is 10.6. The van der Waals surface area contributed by atoms with E-state index in [0.29, 0.717) is 11.8 Å². The highest BCUT2D eigenvalue weighted by molar-refractivity contribution is 5.78. The first-order valence-electron chi connectivity index (χ1n) is 5.72. The number of nitrogens with one attached hydrogen (secondary N) is 1. The van der Waals surface area contributed by atoms with E-state index in [4.69, 9.17) is 10.2 Å². The zero-order chi connectivity index (χ0) is 13.7. The zero-order valence-corrected chi connectivity index (χ0v) is 10.1. The Labute approximate surface area is 109 Å². The first-order chi connectivity index (χ1) is 9.16. The van der Waals surface area contributed by atoms with Crippen molar-refractivity contribution in [2.24, 2.45) is 5.73 Å². The van der Waals surface area contributed by atoms with Crippen molar-refractivity contribution in [1.29, 1.82) is 0 Å². The number of aliphatic hydroxyl groups excluding tert-OH is 1. The standard InChI is InChI=1S/C12H14N4O3/c13-11(18)9(17)6-14-7-10-15-16-12(19-10)8-4-2-1-3-5-8/h1-5,9,14,17H,6-7H2,(H2,13,18). The van der Waals surface area contributed by atoms with Crippen molar-refractivity contribution in [2.75, 3.05) is 6.54 Å². The molecule has 0 aliphatic heterocycles. The quantitative estimate of drug-likeness (QED) is 0.657. The SMILES string of the molecule is NC(=O)C(O)CNCc1nnc(-c2ccccc2)o1. The van der Waals surface area contributed by atoms with E-state index in [1.54, 1.807) is 0 Å². The molecule has 1 atom stereocenters. The van der Waals surface area contributed by atoms with Crippen LogP contribution in [0.5, 0.6) is 0 Å². The lowest BCUT2D eigenvalue weighted by atomic mass is 10.2. The molecule has 1 amide bonds. The fraction of sp³-hybridized carbons (Fsp3) is 0.250. The minimum atomic E-state index is -1.23. The predicted molar refractivity (Wildman–Crippen MR) is 66.6 cm³/mol. The van der Waals surface area contributed by atoms with Crippen LogP contribution in [0.1, 0.15) is 5.89 Å². The van der Waals surface area contributed by atoms with Crippen LogP contribution in [0, 0.1) is 0 Å². The highest BCUT2D eigenvalue weighted by atomic mass is 16.4. The molecule has 0 spiro atoms. The van der Waals surface area contributed by atoms with Crippen LogP contribution in [0.3, 0.4) is 0 Å². The number of amides is 1. The van der Waals surface area contributed by atoms with Gasteiger partial charge in [-0.3, -0.25) is 4.79 Å². The summed E-state index contributed by atoms with van der Waals surface area (Å²) in [6, 6.07) is 9.37. The Hall–Kier alpha value is -2.25. The molecule has 2 aromatic rings. The first kappa shape index (κ1) is 13.2. The van der Waals surface area contributed by atoms with Crippen LogP contribution in [0.4, 0.5) is 0 Å². The molecule has 1 unspecified atom stereocenters. The molecule has 0 saturated carbocycles. The van der Waals surface area contributed by atoms with Gasteiger partial charge in [0.2, 0.25) is 17.7 Å². The van der Waals surface area contributed by atoms with Crippen molar-refractivity contribution in [1.82, 2.24) is 15.5 Å². The van der Waals surface area contributed by atoms with E-state index in [1.165, 1.54) is 0 Å². The van der Waals surface area contributed by atoms with Gasteiger partial charge >= 0.3 is 0 Å². The maximum Gasteiger partial charge on any atom is 0.247 e. The summed E-state index contributed by atoms with van der Waals surface area (Å²) in [4.78, 5) is 10.6. The van der Waals surface area contributed by atoms with E-state index >= 15 is 0 Å². The Bertz CT molecular complexity index is 541. The van der Waals surface area contributed by atoms with Gasteiger partial charge in [0.15, 0.2) is 0 Å². The summed E-state index contributed by atoms with van der Waals surface area (Å²) >= 11 is 0. The van der Waals surface area contributed by atoms with E-state index in [0.717, 1.165) is 5.56 Å². The smallest absolute Gasteiger partial charge is 0.247 e. The van der Waals surface area contributed by atoms with Crippen LogP contribution >= 0.6 is 0 Å². The average Bonchev–Trinajstić information content (AvgIpc) is 2.88. The monoisotopic (exact) mass is 262 g/mol. The number of hydrogen-bond donors (Lipinski definition) is 3. The lowest BCUT2D eigenvalue weighted by Gasteiger charge is -2.05. The molecule has 1 aromatic carbocycles. The van der Waals surface area contributed by atoms with Gasteiger partial charge < -0.3 is 20.6 Å². The number of carbonyl (C=O) groups excluding carboxylic acids is 1. The number of hydrogen-bond acceptors (Lipinski definition) is 6. The van der Waals surface area contributed by atoms with Crippen molar-refractivity contribution >= 4 is 5.91 Å². The Morgan fingerprint density at radius 2 is 2.11 bits per heavy atom. The molecule has 19 heavy (non-hydrogen) atoms. The molecule has 2 rings (SSSR count). The Kier molecular flexibility index (Phi) is 4.22. The van der Waals surface area contributed by atoms with E-state index in [2.05, 4.69) is 15.5 Å². The second-order valence-corrected chi connectivity index (χ2v) is 3.92. The summed E-state index contributed by atoms with van der Waals surface area (Å²) in [5, 5.41) is 19.8. The topological polar surface area (TPSA) is 114 Å². The molecule has 0 aliphatic rings. The van der Waals surface area contributed by atoms with Crippen LogP contribution in [-0.4, -0.2) is 33.9 Å². The number of rotatable bonds is 6. The number of primary amides is 1. The fourth-order valence-corrected chi connectivity index (χ4v) is 1.44. The van der Waals surface area contributed by atoms with E-state index in [1.807, 2.05) is 30.3 Å². The summed E-state index contributed by atoms with van der Waals surface area (Å²) in [6.45, 7) is 0.294. The number of aliphatic hydroxyl groups is 1. The Morgan fingerprint density at radius 3 is 2.79 bits per heavy atom. The molecule has 100 valence electrons. The number of benzene rings is 1. The zero-order valence-electron chi connectivity index (χ0n) is 10.1. The van der Waals surface area contributed by atoms with Crippen molar-refractivity contribution < 1.29 is 14.3 Å². The summed E-state index contributed by atoms with van der Waals surface area (Å²) in [7, 11) is 0. The summed E-state index contributed by atoms with van der Waals surface area (Å²) in [6.07, 6.45) is -1.23. The molecule has 4 N–H and O–H groups in total. The van der Waals surface area contributed by atoms with Gasteiger partial charge in [0, 0.05) is 12.1 Å². The number of carbonyl (C=O) groups is 1. The highest BCUT2D eigenvalue weighted by Crippen LogP contribution is 2.16. The second kappa shape index (κ2) is 6.07. The van der Waals surface area contributed by atoms with Crippen LogP contribution in [0.15, 0.2) is 34.7 Å². The van der Waals surface area contributed by atoms with Gasteiger partial charge in [0.05, 0.1) is 6.54 Å². The van der Waals surface area contributed by atoms with Crippen molar-refractivity contribution in [3.8, 4) is 11.5 Å². The molecule has 0 saturated heterocycles. The van der Waals surface area contributed by atoms with Gasteiger partial charge in [-0.2, -0.15) is 0 Å². The molecule has 1 heterocycles. The molecular formula is C12H14N4O3. The van der Waals surface area contributed by atoms with E-state index < -0.39 is 12.0 Å². The summed E-state index contributed by atoms with van der Waals surface area (Å²) < 4.78 is 5.43. The molecule has 7 nitrogen and oxygen atoms in total. The Morgan fingerprint density at radius 1 is 1.37 bits per heavy atom. The predicted octanol–water partition coefficient (Wildman–Crippen LogP) is -0.328. The minimum absolute atomic E-state index is 0.0401. The Balaban J connectivity index is 1.90. The van der Waals surface area contributed by atoms with E-state index in [9.17, 15) is 9.90 Å². The largest absolute Gasteiger partial charge is 0.419 e. The average molecular weight is 262 g/mol. The molecule has 0 bridgehead atoms. The van der Waals surface area contributed by atoms with E-state index in [-0.39, 0.29) is 13.1 Å². The van der Waals surface area contributed by atoms with Gasteiger partial charge in [-0.05, 0) is 12.1 Å². The summed E-state index contributed by atoms with van der Waals surface area (Å²) in [5.74, 6) is 0.0198. The lowest BCUT2D eigenvalue weighted by Crippen LogP contribution is -2.37. The van der Waals surface area contributed by atoms with Crippen LogP contribution < -0.4 is 11.1 Å². The third-order valence-electron chi connectivity index (χ3n) is 2.43. The number of nitrogens with two attached hydrogens (primary N) is 1. The van der Waals surface area contributed by atoms with Gasteiger partial charge in [0.1, 0.15) is 6.10 Å². The minimum Gasteiger partial charge on any atom is -0.419 e. The third kappa shape index (κ3) is 3.60. The van der Waals surface area contributed by atoms with Crippen LogP contribution in [0.25, 0.3) is 11.5 Å². The molecule has 7 heteroatoms. The molecule has 0 fully saturated rings. The number of nitrogens with zero attached hydrogens (tertiary/aromatic N) is 2. The first-order valence-corrected chi connectivity index (χ1v) is 5.72. The van der Waals surface area contributed by atoms with Gasteiger partial charge in [-0.1, -0.05) is 18.2 Å². The second-order valence-electron chi connectivity index (χ2n) is 3.92. The van der Waals surface area contributed by atoms with Gasteiger partial charge in [0.25, 0.3) is 0 Å². The van der Waals surface area contributed by atoms with Crippen molar-refractivity contribution in [2.45, 2.75) is 12.6 Å². The van der Waals surface area contributed by atoms with Crippen LogP contribution in [-0.2, 0) is 11.3 Å². The molecule has 0 aliphatic carbocycles. The maximum absolute atomic E-state index is 10.6. The molecule has 0 radical (unpaired) electrons. The molecular weight excluding hydrogens is 248 g/mol. The fourth-order valence-electron chi connectivity index (χ4n) is 1.44. The van der Waals surface area contributed by atoms with Gasteiger partial charge in [-0.25, -0.2) is 0 Å². The van der Waals surface area contributed by atoms with Gasteiger partial charge in [-0.15, -0.1) is 10.2 Å². The normalized spacial score (nSPS) is 12.3. The molecule has 1 aromatic heterocycles. The van der Waals surface area contributed by atoms with Crippen molar-refractivity contribution in [3.05, 3.63) is 36.2 Å². The number of aromatic nitrogens is 2.